The van der Waals surface area contributed by atoms with Crippen molar-refractivity contribution in [2.45, 2.75) is 207 Å². The summed E-state index contributed by atoms with van der Waals surface area (Å²) in [4.78, 5) is 39.7. The van der Waals surface area contributed by atoms with Gasteiger partial charge in [-0.15, -0.1) is 0 Å². The van der Waals surface area contributed by atoms with E-state index in [0.717, 1.165) is 44.9 Å². The van der Waals surface area contributed by atoms with Gasteiger partial charge in [0.15, 0.2) is 0 Å². The minimum absolute atomic E-state index is 0.0594. The predicted octanol–water partition coefficient (Wildman–Crippen LogP) is 11.8. The SMILES string of the molecule is CCCCCCCC/C=C\CCCCCCCC(=O)OCCN(CCOC(=O)CCCCCCC/C(C)=C\CCCCCCCC)C(=O)CC[N+](C)(C)CCO. The maximum atomic E-state index is 13.2. The van der Waals surface area contributed by atoms with Crippen LogP contribution < -0.4 is 0 Å². The van der Waals surface area contributed by atoms with Crippen molar-refractivity contribution in [1.82, 2.24) is 4.90 Å². The Balaban J connectivity index is 4.28. The molecule has 0 aliphatic rings. The average Bonchev–Trinajstić information content (AvgIpc) is 3.17. The zero-order valence-corrected chi connectivity index (χ0v) is 37.6. The van der Waals surface area contributed by atoms with Gasteiger partial charge in [-0.3, -0.25) is 14.4 Å². The number of ether oxygens (including phenoxy) is 2. The molecule has 1 amide bonds. The van der Waals surface area contributed by atoms with Gasteiger partial charge in [-0.2, -0.15) is 0 Å². The Morgan fingerprint density at radius 2 is 0.946 bits per heavy atom. The zero-order chi connectivity index (χ0) is 41.4. The second kappa shape index (κ2) is 39.6. The molecule has 0 saturated carbocycles. The number of aliphatic hydroxyl groups excluding tert-OH is 1. The smallest absolute Gasteiger partial charge is 0.305 e. The fraction of sp³-hybridized carbons (Fsp3) is 0.854. The number of rotatable bonds is 41. The number of unbranched alkanes of at least 4 members (excludes halogenated alkanes) is 21. The summed E-state index contributed by atoms with van der Waals surface area (Å²) in [5.74, 6) is -0.513. The molecule has 0 aliphatic carbocycles. The van der Waals surface area contributed by atoms with Crippen LogP contribution in [-0.2, 0) is 23.9 Å². The number of carbonyl (C=O) groups is 3. The van der Waals surface area contributed by atoms with Crippen LogP contribution in [0.4, 0.5) is 0 Å². The molecule has 328 valence electrons. The van der Waals surface area contributed by atoms with Gasteiger partial charge in [0, 0.05) is 12.8 Å². The summed E-state index contributed by atoms with van der Waals surface area (Å²) < 4.78 is 11.6. The van der Waals surface area contributed by atoms with Gasteiger partial charge in [-0.25, -0.2) is 0 Å². The average molecular weight is 792 g/mol. The second-order valence-corrected chi connectivity index (χ2v) is 16.9. The van der Waals surface area contributed by atoms with Crippen LogP contribution in [-0.4, -0.2) is 92.4 Å². The molecule has 0 saturated heterocycles. The van der Waals surface area contributed by atoms with Crippen molar-refractivity contribution >= 4 is 17.8 Å². The van der Waals surface area contributed by atoms with Crippen molar-refractivity contribution in [2.24, 2.45) is 0 Å². The van der Waals surface area contributed by atoms with Gasteiger partial charge in [-0.05, 0) is 71.1 Å². The molecule has 0 fully saturated rings. The lowest BCUT2D eigenvalue weighted by molar-refractivity contribution is -0.890. The Morgan fingerprint density at radius 3 is 1.41 bits per heavy atom. The number of likely N-dealkylation sites (N-methyl/N-ethyl adjacent to an activating group) is 1. The quantitative estimate of drug-likeness (QED) is 0.0287. The van der Waals surface area contributed by atoms with E-state index < -0.39 is 0 Å². The van der Waals surface area contributed by atoms with Crippen LogP contribution in [0, 0.1) is 0 Å². The van der Waals surface area contributed by atoms with Crippen molar-refractivity contribution in [2.75, 3.05) is 60.1 Å². The first-order valence-electron chi connectivity index (χ1n) is 23.5. The van der Waals surface area contributed by atoms with Crippen LogP contribution in [0.5, 0.6) is 0 Å². The number of carbonyl (C=O) groups excluding carboxylic acids is 3. The Bertz CT molecular complexity index is 994. The van der Waals surface area contributed by atoms with Crippen molar-refractivity contribution < 1.29 is 33.4 Å². The van der Waals surface area contributed by atoms with Gasteiger partial charge >= 0.3 is 11.9 Å². The Hall–Kier alpha value is -2.19. The first kappa shape index (κ1) is 53.8. The summed E-state index contributed by atoms with van der Waals surface area (Å²) in [6, 6.07) is 0. The van der Waals surface area contributed by atoms with Gasteiger partial charge in [0.1, 0.15) is 19.8 Å². The number of esters is 2. The molecule has 0 radical (unpaired) electrons. The molecule has 0 unspecified atom stereocenters. The van der Waals surface area contributed by atoms with E-state index in [0.29, 0.717) is 36.8 Å². The van der Waals surface area contributed by atoms with E-state index in [2.05, 4.69) is 39.0 Å². The summed E-state index contributed by atoms with van der Waals surface area (Å²) in [5.41, 5.74) is 1.51. The van der Waals surface area contributed by atoms with E-state index >= 15 is 0 Å². The van der Waals surface area contributed by atoms with E-state index in [1.54, 1.807) is 4.90 Å². The van der Waals surface area contributed by atoms with Crippen LogP contribution in [0.2, 0.25) is 0 Å². The van der Waals surface area contributed by atoms with Crippen molar-refractivity contribution in [3.05, 3.63) is 23.8 Å². The molecule has 0 aliphatic heterocycles. The molecule has 56 heavy (non-hydrogen) atoms. The van der Waals surface area contributed by atoms with Gasteiger partial charge in [-0.1, -0.05) is 140 Å². The highest BCUT2D eigenvalue weighted by molar-refractivity contribution is 5.76. The molecule has 8 heteroatoms. The largest absolute Gasteiger partial charge is 0.464 e. The summed E-state index contributed by atoms with van der Waals surface area (Å²) in [5, 5.41) is 9.38. The number of hydrogen-bond donors (Lipinski definition) is 1. The molecule has 8 nitrogen and oxygen atoms in total. The van der Waals surface area contributed by atoms with Crippen LogP contribution in [0.1, 0.15) is 207 Å². The minimum Gasteiger partial charge on any atom is -0.464 e. The fourth-order valence-corrected chi connectivity index (χ4v) is 6.90. The first-order valence-corrected chi connectivity index (χ1v) is 23.5. The monoisotopic (exact) mass is 792 g/mol. The molecular formula is C48H91N2O6+. The van der Waals surface area contributed by atoms with E-state index in [-0.39, 0.29) is 50.8 Å². The third-order valence-corrected chi connectivity index (χ3v) is 10.9. The van der Waals surface area contributed by atoms with Gasteiger partial charge in [0.25, 0.3) is 0 Å². The molecular weight excluding hydrogens is 701 g/mol. The number of amides is 1. The van der Waals surface area contributed by atoms with Crippen LogP contribution >= 0.6 is 0 Å². The number of nitrogens with zero attached hydrogens (tertiary/aromatic N) is 2. The van der Waals surface area contributed by atoms with Crippen molar-refractivity contribution in [3.8, 4) is 0 Å². The fourth-order valence-electron chi connectivity index (χ4n) is 6.90. The van der Waals surface area contributed by atoms with Crippen LogP contribution in [0.25, 0.3) is 0 Å². The summed E-state index contributed by atoms with van der Waals surface area (Å²) in [6.45, 7) is 8.79. The summed E-state index contributed by atoms with van der Waals surface area (Å²) in [6.07, 6.45) is 39.8. The molecule has 0 atom stereocenters. The highest BCUT2D eigenvalue weighted by atomic mass is 16.5. The highest BCUT2D eigenvalue weighted by Gasteiger charge is 2.21. The maximum absolute atomic E-state index is 13.2. The zero-order valence-electron chi connectivity index (χ0n) is 37.6. The van der Waals surface area contributed by atoms with E-state index in [4.69, 9.17) is 9.47 Å². The Morgan fingerprint density at radius 1 is 0.536 bits per heavy atom. The Kier molecular flexibility index (Phi) is 38.1. The first-order chi connectivity index (χ1) is 27.1. The van der Waals surface area contributed by atoms with E-state index in [9.17, 15) is 19.5 Å². The van der Waals surface area contributed by atoms with E-state index in [1.165, 1.54) is 128 Å². The molecule has 0 bridgehead atoms. The molecule has 0 aromatic carbocycles. The van der Waals surface area contributed by atoms with Crippen molar-refractivity contribution in [3.63, 3.8) is 0 Å². The van der Waals surface area contributed by atoms with Gasteiger partial charge < -0.3 is 24.0 Å². The van der Waals surface area contributed by atoms with Crippen LogP contribution in [0.3, 0.4) is 0 Å². The van der Waals surface area contributed by atoms with E-state index in [1.807, 2.05) is 14.1 Å². The molecule has 1 N–H and O–H groups in total. The lowest BCUT2D eigenvalue weighted by atomic mass is 10.0. The highest BCUT2D eigenvalue weighted by Crippen LogP contribution is 2.15. The lowest BCUT2D eigenvalue weighted by Crippen LogP contribution is -2.45. The topological polar surface area (TPSA) is 93.1 Å². The molecule has 0 heterocycles. The summed E-state index contributed by atoms with van der Waals surface area (Å²) in [7, 11) is 3.98. The normalized spacial score (nSPS) is 12.1. The second-order valence-electron chi connectivity index (χ2n) is 16.9. The third kappa shape index (κ3) is 37.4. The minimum atomic E-state index is -0.225. The molecule has 0 aromatic rings. The Labute approximate surface area is 346 Å². The van der Waals surface area contributed by atoms with Crippen molar-refractivity contribution in [1.29, 1.82) is 0 Å². The number of hydrogen-bond acceptors (Lipinski definition) is 6. The number of aliphatic hydroxyl groups is 1. The van der Waals surface area contributed by atoms with Crippen LogP contribution in [0.15, 0.2) is 23.8 Å². The third-order valence-electron chi connectivity index (χ3n) is 10.9. The molecule has 0 rings (SSSR count). The molecule has 0 spiro atoms. The van der Waals surface area contributed by atoms with Gasteiger partial charge in [0.2, 0.25) is 5.91 Å². The molecule has 0 aromatic heterocycles. The maximum Gasteiger partial charge on any atom is 0.305 e. The predicted molar refractivity (Wildman–Crippen MR) is 236 cm³/mol. The number of allylic oxidation sites excluding steroid dienone is 4. The standard InChI is InChI=1S/C48H91N2O6/c1-6-8-10-12-14-15-16-17-18-19-20-21-23-27-31-35-47(53)55-43-38-49(46(52)37-40-50(4,5)41-42-51)39-44-56-48(54)36-32-28-24-26-30-34-45(3)33-29-25-22-13-11-9-7-2/h17-18,33,51H,6-16,19-32,34-44H2,1-5H3/q+1/b18-17-,45-33-. The lowest BCUT2D eigenvalue weighted by Gasteiger charge is -2.30. The summed E-state index contributed by atoms with van der Waals surface area (Å²) >= 11 is 0. The number of quaternary nitrogens is 1. The van der Waals surface area contributed by atoms with Gasteiger partial charge in [0.05, 0.1) is 46.8 Å².